The van der Waals surface area contributed by atoms with E-state index in [1.807, 2.05) is 24.3 Å². The second-order valence-corrected chi connectivity index (χ2v) is 7.14. The lowest BCUT2D eigenvalue weighted by Crippen LogP contribution is -2.22. The summed E-state index contributed by atoms with van der Waals surface area (Å²) in [6.07, 6.45) is 3.11. The summed E-state index contributed by atoms with van der Waals surface area (Å²) in [7, 11) is 0. The van der Waals surface area contributed by atoms with Gasteiger partial charge in [-0.1, -0.05) is 50.2 Å². The van der Waals surface area contributed by atoms with Gasteiger partial charge in [-0.15, -0.1) is 0 Å². The fourth-order valence-corrected chi connectivity index (χ4v) is 3.58. The van der Waals surface area contributed by atoms with Gasteiger partial charge in [-0.05, 0) is 41.5 Å². The third kappa shape index (κ3) is 3.02. The van der Waals surface area contributed by atoms with Crippen molar-refractivity contribution in [2.75, 3.05) is 5.32 Å². The molecule has 2 aromatic rings. The van der Waals surface area contributed by atoms with E-state index in [2.05, 4.69) is 48.4 Å². The summed E-state index contributed by atoms with van der Waals surface area (Å²) in [5, 5.41) is 3.45. The number of allylic oxidation sites excluding steroid dienone is 2. The molecule has 0 saturated carbocycles. The predicted molar refractivity (Wildman–Crippen MR) is 103 cm³/mol. The van der Waals surface area contributed by atoms with Gasteiger partial charge in [-0.25, -0.2) is 0 Å². The van der Waals surface area contributed by atoms with E-state index >= 15 is 0 Å². The molecular weight excluding hydrogens is 308 g/mol. The van der Waals surface area contributed by atoms with Crippen LogP contribution in [0.5, 0.6) is 0 Å². The van der Waals surface area contributed by atoms with Crippen molar-refractivity contribution in [1.29, 1.82) is 0 Å². The zero-order valence-electron chi connectivity index (χ0n) is 14.6. The predicted octanol–water partition coefficient (Wildman–Crippen LogP) is 5.34. The summed E-state index contributed by atoms with van der Waals surface area (Å²) in [4.78, 5) is 17.2. The van der Waals surface area contributed by atoms with Crippen LogP contribution in [0, 0.1) is 0 Å². The molecular formula is C22H22N2O. The van der Waals surface area contributed by atoms with Crippen molar-refractivity contribution in [1.82, 2.24) is 0 Å². The number of nitrogens with one attached hydrogen (secondary N) is 1. The fraction of sp³-hybridized carbons (Fsp3) is 0.273. The molecule has 3 heteroatoms. The smallest absolute Gasteiger partial charge is 0.166 e. The van der Waals surface area contributed by atoms with E-state index in [1.165, 1.54) is 11.1 Å². The topological polar surface area (TPSA) is 41.5 Å². The van der Waals surface area contributed by atoms with Crippen molar-refractivity contribution in [3.8, 4) is 0 Å². The summed E-state index contributed by atoms with van der Waals surface area (Å²) < 4.78 is 0. The summed E-state index contributed by atoms with van der Waals surface area (Å²) in [6, 6.07) is 16.6. The SMILES string of the molecule is CC(C)c1ccc([C@H]2CC(=O)C3=C(C2)Nc2ccccc2N=C3)cc1. The van der Waals surface area contributed by atoms with Gasteiger partial charge in [0.05, 0.1) is 16.9 Å². The van der Waals surface area contributed by atoms with Crippen molar-refractivity contribution in [3.63, 3.8) is 0 Å². The molecule has 0 saturated heterocycles. The highest BCUT2D eigenvalue weighted by atomic mass is 16.1. The van der Waals surface area contributed by atoms with Crippen LogP contribution >= 0.6 is 0 Å². The lowest BCUT2D eigenvalue weighted by Gasteiger charge is -2.26. The van der Waals surface area contributed by atoms with Crippen LogP contribution in [0.15, 0.2) is 64.8 Å². The molecule has 2 aliphatic rings. The number of fused-ring (bicyclic) bond motifs is 1. The van der Waals surface area contributed by atoms with Crippen molar-refractivity contribution >= 4 is 23.4 Å². The van der Waals surface area contributed by atoms with Gasteiger partial charge in [0.15, 0.2) is 5.78 Å². The molecule has 126 valence electrons. The molecule has 1 aliphatic heterocycles. The van der Waals surface area contributed by atoms with Crippen molar-refractivity contribution < 1.29 is 4.79 Å². The van der Waals surface area contributed by atoms with Crippen LogP contribution in [0.1, 0.15) is 49.7 Å². The molecule has 1 aliphatic carbocycles. The Morgan fingerprint density at radius 2 is 1.80 bits per heavy atom. The van der Waals surface area contributed by atoms with Gasteiger partial charge in [0.2, 0.25) is 0 Å². The number of carbonyl (C=O) groups is 1. The number of hydrogen-bond donors (Lipinski definition) is 1. The number of aliphatic imine (C=N–C) groups is 1. The normalized spacial score (nSPS) is 19.3. The van der Waals surface area contributed by atoms with Gasteiger partial charge in [0, 0.05) is 18.3 Å². The number of carbonyl (C=O) groups excluding carboxylic acids is 1. The third-order valence-electron chi connectivity index (χ3n) is 5.10. The maximum atomic E-state index is 12.7. The minimum atomic E-state index is 0.170. The van der Waals surface area contributed by atoms with E-state index < -0.39 is 0 Å². The Hall–Kier alpha value is -2.68. The minimum Gasteiger partial charge on any atom is -0.356 e. The van der Waals surface area contributed by atoms with Gasteiger partial charge in [-0.2, -0.15) is 0 Å². The molecule has 4 rings (SSSR count). The minimum absolute atomic E-state index is 0.170. The number of anilines is 1. The van der Waals surface area contributed by atoms with Crippen LogP contribution in [0.25, 0.3) is 0 Å². The number of hydrogen-bond acceptors (Lipinski definition) is 3. The van der Waals surface area contributed by atoms with E-state index in [0.29, 0.717) is 12.3 Å². The highest BCUT2D eigenvalue weighted by Gasteiger charge is 2.29. The first kappa shape index (κ1) is 15.8. The Kier molecular flexibility index (Phi) is 4.00. The van der Waals surface area contributed by atoms with E-state index in [1.54, 1.807) is 6.21 Å². The number of nitrogens with zero attached hydrogens (tertiary/aromatic N) is 1. The van der Waals surface area contributed by atoms with Crippen molar-refractivity contribution in [3.05, 3.63) is 70.9 Å². The highest BCUT2D eigenvalue weighted by Crippen LogP contribution is 2.38. The first-order valence-corrected chi connectivity index (χ1v) is 8.88. The molecule has 0 spiro atoms. The summed E-state index contributed by atoms with van der Waals surface area (Å²) in [5.41, 5.74) is 6.13. The average Bonchev–Trinajstić information content (AvgIpc) is 2.81. The zero-order chi connectivity index (χ0) is 17.4. The molecule has 2 aromatic carbocycles. The second-order valence-electron chi connectivity index (χ2n) is 7.14. The molecule has 1 N–H and O–H groups in total. The van der Waals surface area contributed by atoms with Crippen molar-refractivity contribution in [2.45, 2.75) is 38.5 Å². The molecule has 25 heavy (non-hydrogen) atoms. The van der Waals surface area contributed by atoms with Crippen LogP contribution in [0.3, 0.4) is 0 Å². The number of ketones is 1. The molecule has 3 nitrogen and oxygen atoms in total. The van der Waals surface area contributed by atoms with Gasteiger partial charge in [-0.3, -0.25) is 9.79 Å². The summed E-state index contributed by atoms with van der Waals surface area (Å²) in [5.74, 6) is 0.912. The van der Waals surface area contributed by atoms with Crippen LogP contribution in [-0.4, -0.2) is 12.0 Å². The maximum Gasteiger partial charge on any atom is 0.166 e. The first-order chi connectivity index (χ1) is 12.1. The molecule has 0 unspecified atom stereocenters. The molecule has 0 amide bonds. The van der Waals surface area contributed by atoms with E-state index in [0.717, 1.165) is 29.1 Å². The fourth-order valence-electron chi connectivity index (χ4n) is 3.58. The number of rotatable bonds is 2. The lowest BCUT2D eigenvalue weighted by atomic mass is 9.81. The lowest BCUT2D eigenvalue weighted by molar-refractivity contribution is -0.115. The monoisotopic (exact) mass is 330 g/mol. The Labute approximate surface area is 148 Å². The van der Waals surface area contributed by atoms with Gasteiger partial charge >= 0.3 is 0 Å². The molecule has 0 radical (unpaired) electrons. The quantitative estimate of drug-likeness (QED) is 0.807. The maximum absolute atomic E-state index is 12.7. The van der Waals surface area contributed by atoms with Crippen LogP contribution in [0.2, 0.25) is 0 Å². The average molecular weight is 330 g/mol. The Morgan fingerprint density at radius 1 is 1.04 bits per heavy atom. The Balaban J connectivity index is 1.64. The summed E-state index contributed by atoms with van der Waals surface area (Å²) >= 11 is 0. The number of benzene rings is 2. The van der Waals surface area contributed by atoms with E-state index in [9.17, 15) is 4.79 Å². The van der Waals surface area contributed by atoms with E-state index in [-0.39, 0.29) is 11.7 Å². The van der Waals surface area contributed by atoms with Gasteiger partial charge in [0.1, 0.15) is 0 Å². The molecule has 1 heterocycles. The molecule has 0 bridgehead atoms. The van der Waals surface area contributed by atoms with Crippen LogP contribution in [-0.2, 0) is 4.79 Å². The van der Waals surface area contributed by atoms with Gasteiger partial charge in [0.25, 0.3) is 0 Å². The standard InChI is InChI=1S/C22H22N2O/c1-14(2)15-7-9-16(10-8-15)17-11-21-18(22(25)12-17)13-23-19-5-3-4-6-20(19)24-21/h3-10,13-14,17,24H,11-12H2,1-2H3/t17-/m1/s1. The first-order valence-electron chi connectivity index (χ1n) is 8.88. The highest BCUT2D eigenvalue weighted by molar-refractivity contribution is 6.16. The zero-order valence-corrected chi connectivity index (χ0v) is 14.6. The van der Waals surface area contributed by atoms with Crippen LogP contribution in [0.4, 0.5) is 11.4 Å². The summed E-state index contributed by atoms with van der Waals surface area (Å²) in [6.45, 7) is 4.39. The molecule has 0 fully saturated rings. The molecule has 0 aromatic heterocycles. The Bertz CT molecular complexity index is 875. The van der Waals surface area contributed by atoms with E-state index in [4.69, 9.17) is 0 Å². The number of Topliss-reactive ketones (excluding diaryl/α,β-unsaturated/α-hetero) is 1. The second kappa shape index (κ2) is 6.32. The Morgan fingerprint density at radius 3 is 2.56 bits per heavy atom. The number of para-hydroxylation sites is 2. The van der Waals surface area contributed by atoms with Crippen LogP contribution < -0.4 is 5.32 Å². The third-order valence-corrected chi connectivity index (χ3v) is 5.10. The van der Waals surface area contributed by atoms with Gasteiger partial charge < -0.3 is 5.32 Å². The largest absolute Gasteiger partial charge is 0.356 e. The van der Waals surface area contributed by atoms with Crippen molar-refractivity contribution in [2.24, 2.45) is 4.99 Å². The molecule has 1 atom stereocenters.